The molecule has 0 fully saturated rings. The van der Waals surface area contributed by atoms with Gasteiger partial charge in [-0.25, -0.2) is 0 Å². The molecule has 4 nitrogen and oxygen atoms in total. The van der Waals surface area contributed by atoms with Gasteiger partial charge in [0.1, 0.15) is 5.75 Å². The van der Waals surface area contributed by atoms with Crippen molar-refractivity contribution in [2.24, 2.45) is 0 Å². The third-order valence-corrected chi connectivity index (χ3v) is 3.45. The van der Waals surface area contributed by atoms with Crippen molar-refractivity contribution < 1.29 is 14.3 Å². The number of halogens is 1. The Morgan fingerprint density at radius 1 is 1.29 bits per heavy atom. The van der Waals surface area contributed by atoms with Crippen molar-refractivity contribution in [1.29, 1.82) is 0 Å². The SMILES string of the molecule is CCC(C)OCCCC(=O)Nc1ccc(OCCI)cc1. The molecule has 1 amide bonds. The van der Waals surface area contributed by atoms with Gasteiger partial charge in [0, 0.05) is 23.1 Å². The smallest absolute Gasteiger partial charge is 0.224 e. The number of hydrogen-bond donors (Lipinski definition) is 1. The van der Waals surface area contributed by atoms with Crippen LogP contribution < -0.4 is 10.1 Å². The Balaban J connectivity index is 2.24. The molecular formula is C16H24INO3. The molecule has 1 N–H and O–H groups in total. The van der Waals surface area contributed by atoms with E-state index < -0.39 is 0 Å². The van der Waals surface area contributed by atoms with E-state index in [2.05, 4.69) is 34.8 Å². The first kappa shape index (κ1) is 18.2. The molecule has 1 atom stereocenters. The maximum atomic E-state index is 11.8. The molecule has 0 spiro atoms. The predicted octanol–water partition coefficient (Wildman–Crippen LogP) is 4.03. The van der Waals surface area contributed by atoms with Gasteiger partial charge < -0.3 is 14.8 Å². The van der Waals surface area contributed by atoms with Crippen LogP contribution in [0.15, 0.2) is 24.3 Å². The van der Waals surface area contributed by atoms with E-state index in [0.29, 0.717) is 19.6 Å². The number of rotatable bonds is 10. The van der Waals surface area contributed by atoms with Gasteiger partial charge in [0.2, 0.25) is 5.91 Å². The summed E-state index contributed by atoms with van der Waals surface area (Å²) in [5.74, 6) is 0.843. The molecular weight excluding hydrogens is 381 g/mol. The molecule has 1 unspecified atom stereocenters. The molecule has 0 aliphatic heterocycles. The Labute approximate surface area is 140 Å². The number of carbonyl (C=O) groups excluding carboxylic acids is 1. The first-order chi connectivity index (χ1) is 10.2. The maximum absolute atomic E-state index is 11.8. The topological polar surface area (TPSA) is 47.6 Å². The van der Waals surface area contributed by atoms with Crippen LogP contribution in [0.2, 0.25) is 0 Å². The molecule has 0 aromatic heterocycles. The first-order valence-electron chi connectivity index (χ1n) is 7.36. The highest BCUT2D eigenvalue weighted by Crippen LogP contribution is 2.16. The Kier molecular flexibility index (Phi) is 9.41. The van der Waals surface area contributed by atoms with Crippen molar-refractivity contribution >= 4 is 34.2 Å². The first-order valence-corrected chi connectivity index (χ1v) is 8.88. The number of alkyl halides is 1. The van der Waals surface area contributed by atoms with Crippen molar-refractivity contribution in [3.63, 3.8) is 0 Å². The van der Waals surface area contributed by atoms with Crippen molar-refractivity contribution in [3.8, 4) is 5.75 Å². The van der Waals surface area contributed by atoms with E-state index in [1.165, 1.54) is 0 Å². The van der Waals surface area contributed by atoms with E-state index in [0.717, 1.165) is 28.7 Å². The zero-order chi connectivity index (χ0) is 15.5. The van der Waals surface area contributed by atoms with Crippen LogP contribution in [0, 0.1) is 0 Å². The second kappa shape index (κ2) is 10.8. The molecule has 0 bridgehead atoms. The van der Waals surface area contributed by atoms with Crippen molar-refractivity contribution in [2.45, 2.75) is 39.2 Å². The van der Waals surface area contributed by atoms with E-state index in [-0.39, 0.29) is 12.0 Å². The molecule has 21 heavy (non-hydrogen) atoms. The molecule has 0 saturated heterocycles. The van der Waals surface area contributed by atoms with E-state index in [1.54, 1.807) is 0 Å². The van der Waals surface area contributed by atoms with Crippen LogP contribution in [0.3, 0.4) is 0 Å². The van der Waals surface area contributed by atoms with Crippen LogP contribution in [0.5, 0.6) is 5.75 Å². The van der Waals surface area contributed by atoms with E-state index in [4.69, 9.17) is 9.47 Å². The van der Waals surface area contributed by atoms with Crippen LogP contribution in [-0.4, -0.2) is 29.7 Å². The lowest BCUT2D eigenvalue weighted by atomic mass is 10.2. The third kappa shape index (κ3) is 8.26. The average Bonchev–Trinajstić information content (AvgIpc) is 2.50. The summed E-state index contributed by atoms with van der Waals surface area (Å²) in [7, 11) is 0. The normalized spacial score (nSPS) is 12.0. The number of amides is 1. The maximum Gasteiger partial charge on any atom is 0.224 e. The fourth-order valence-corrected chi connectivity index (χ4v) is 1.87. The number of carbonyl (C=O) groups is 1. The average molecular weight is 405 g/mol. The predicted molar refractivity (Wildman–Crippen MR) is 94.4 cm³/mol. The number of benzene rings is 1. The van der Waals surface area contributed by atoms with Crippen LogP contribution in [0.1, 0.15) is 33.1 Å². The van der Waals surface area contributed by atoms with Crippen LogP contribution >= 0.6 is 22.6 Å². The van der Waals surface area contributed by atoms with Gasteiger partial charge >= 0.3 is 0 Å². The van der Waals surface area contributed by atoms with Gasteiger partial charge in [0.25, 0.3) is 0 Å². The molecule has 0 radical (unpaired) electrons. The van der Waals surface area contributed by atoms with Gasteiger partial charge in [0.15, 0.2) is 0 Å². The molecule has 118 valence electrons. The second-order valence-corrected chi connectivity index (χ2v) is 5.88. The lowest BCUT2D eigenvalue weighted by Gasteiger charge is -2.10. The molecule has 5 heteroatoms. The molecule has 0 saturated carbocycles. The van der Waals surface area contributed by atoms with Gasteiger partial charge in [-0.05, 0) is 44.0 Å². The summed E-state index contributed by atoms with van der Waals surface area (Å²) in [5.41, 5.74) is 0.796. The zero-order valence-electron chi connectivity index (χ0n) is 12.7. The molecule has 1 aromatic rings. The number of hydrogen-bond acceptors (Lipinski definition) is 3. The van der Waals surface area contributed by atoms with Crippen LogP contribution in [0.25, 0.3) is 0 Å². The van der Waals surface area contributed by atoms with Crippen molar-refractivity contribution in [2.75, 3.05) is 23.0 Å². The fraction of sp³-hybridized carbons (Fsp3) is 0.562. The second-order valence-electron chi connectivity index (χ2n) is 4.80. The summed E-state index contributed by atoms with van der Waals surface area (Å²) in [4.78, 5) is 11.8. The van der Waals surface area contributed by atoms with Crippen LogP contribution in [0.4, 0.5) is 5.69 Å². The summed E-state index contributed by atoms with van der Waals surface area (Å²) < 4.78 is 12.0. The van der Waals surface area contributed by atoms with Gasteiger partial charge in [-0.15, -0.1) is 0 Å². The van der Waals surface area contributed by atoms with Crippen molar-refractivity contribution in [3.05, 3.63) is 24.3 Å². The monoisotopic (exact) mass is 405 g/mol. The molecule has 0 heterocycles. The third-order valence-electron chi connectivity index (χ3n) is 3.01. The Morgan fingerprint density at radius 3 is 2.62 bits per heavy atom. The van der Waals surface area contributed by atoms with Gasteiger partial charge in [-0.3, -0.25) is 4.79 Å². The zero-order valence-corrected chi connectivity index (χ0v) is 14.9. The van der Waals surface area contributed by atoms with E-state index >= 15 is 0 Å². The summed E-state index contributed by atoms with van der Waals surface area (Å²) in [6, 6.07) is 7.45. The Bertz CT molecular complexity index is 408. The minimum atomic E-state index is 0.0173. The molecule has 0 aliphatic carbocycles. The van der Waals surface area contributed by atoms with Crippen molar-refractivity contribution in [1.82, 2.24) is 0 Å². The highest BCUT2D eigenvalue weighted by atomic mass is 127. The largest absolute Gasteiger partial charge is 0.493 e. The number of anilines is 1. The minimum Gasteiger partial charge on any atom is -0.493 e. The Hall–Kier alpha value is -0.820. The summed E-state index contributed by atoms with van der Waals surface area (Å²) in [6.45, 7) is 5.46. The standard InChI is InChI=1S/C16H24INO3/c1-3-13(2)20-11-4-5-16(19)18-14-6-8-15(9-7-14)21-12-10-17/h6-9,13H,3-5,10-12H2,1-2H3,(H,18,19). The summed E-state index contributed by atoms with van der Waals surface area (Å²) in [6.07, 6.45) is 2.48. The van der Waals surface area contributed by atoms with Crippen LogP contribution in [-0.2, 0) is 9.53 Å². The van der Waals surface area contributed by atoms with E-state index in [1.807, 2.05) is 31.2 Å². The highest BCUT2D eigenvalue weighted by molar-refractivity contribution is 14.1. The molecule has 1 aromatic carbocycles. The lowest BCUT2D eigenvalue weighted by molar-refractivity contribution is -0.116. The molecule has 1 rings (SSSR count). The summed E-state index contributed by atoms with van der Waals surface area (Å²) in [5, 5.41) is 2.88. The molecule has 0 aliphatic rings. The summed E-state index contributed by atoms with van der Waals surface area (Å²) >= 11 is 2.27. The minimum absolute atomic E-state index is 0.0173. The highest BCUT2D eigenvalue weighted by Gasteiger charge is 2.04. The Morgan fingerprint density at radius 2 is 2.00 bits per heavy atom. The quantitative estimate of drug-likeness (QED) is 0.363. The lowest BCUT2D eigenvalue weighted by Crippen LogP contribution is -2.14. The van der Waals surface area contributed by atoms with Gasteiger partial charge in [0.05, 0.1) is 12.7 Å². The number of nitrogens with one attached hydrogen (secondary N) is 1. The van der Waals surface area contributed by atoms with Gasteiger partial charge in [-0.2, -0.15) is 0 Å². The number of ether oxygens (including phenoxy) is 2. The van der Waals surface area contributed by atoms with E-state index in [9.17, 15) is 4.79 Å². The fourth-order valence-electron chi connectivity index (χ4n) is 1.65. The van der Waals surface area contributed by atoms with Gasteiger partial charge in [-0.1, -0.05) is 29.5 Å².